The van der Waals surface area contributed by atoms with Crippen molar-refractivity contribution in [2.24, 2.45) is 0 Å². The van der Waals surface area contributed by atoms with Crippen molar-refractivity contribution in [3.8, 4) is 5.75 Å². The summed E-state index contributed by atoms with van der Waals surface area (Å²) in [7, 11) is 0. The summed E-state index contributed by atoms with van der Waals surface area (Å²) < 4.78 is 38.8. The first-order valence-corrected chi connectivity index (χ1v) is 9.69. The third-order valence-electron chi connectivity index (χ3n) is 5.46. The van der Waals surface area contributed by atoms with Gasteiger partial charge in [0.05, 0.1) is 5.56 Å². The number of alkyl halides is 3. The van der Waals surface area contributed by atoms with Gasteiger partial charge >= 0.3 is 6.18 Å². The van der Waals surface area contributed by atoms with Crippen LogP contribution in [0.15, 0.2) is 66.7 Å². The van der Waals surface area contributed by atoms with E-state index in [1.165, 1.54) is 17.7 Å². The number of nitrogens with zero attached hydrogens (tertiary/aromatic N) is 1. The van der Waals surface area contributed by atoms with E-state index < -0.39 is 11.7 Å². The highest BCUT2D eigenvalue weighted by Crippen LogP contribution is 2.32. The molecule has 4 rings (SSSR count). The number of aromatic hydroxyl groups is 1. The maximum Gasteiger partial charge on any atom is 0.416 e. The number of phenolic OH excluding ortho intramolecular Hbond substituents is 1. The van der Waals surface area contributed by atoms with Crippen molar-refractivity contribution in [1.29, 1.82) is 0 Å². The lowest BCUT2D eigenvalue weighted by Crippen LogP contribution is -2.30. The van der Waals surface area contributed by atoms with E-state index in [2.05, 4.69) is 17.0 Å². The van der Waals surface area contributed by atoms with Gasteiger partial charge in [-0.3, -0.25) is 4.90 Å². The van der Waals surface area contributed by atoms with Gasteiger partial charge in [-0.25, -0.2) is 0 Å². The fourth-order valence-corrected chi connectivity index (χ4v) is 3.80. The van der Waals surface area contributed by atoms with Gasteiger partial charge in [0.15, 0.2) is 0 Å². The third kappa shape index (κ3) is 5.24. The summed E-state index contributed by atoms with van der Waals surface area (Å²) in [6.45, 7) is 2.48. The van der Waals surface area contributed by atoms with E-state index >= 15 is 0 Å². The molecule has 0 spiro atoms. The zero-order valence-electron chi connectivity index (χ0n) is 16.3. The molecular formula is C24H23BrF3NO. The van der Waals surface area contributed by atoms with Crippen LogP contribution in [0.1, 0.15) is 23.1 Å². The van der Waals surface area contributed by atoms with Crippen LogP contribution >= 0.6 is 17.0 Å². The number of benzene rings is 3. The Labute approximate surface area is 184 Å². The molecular weight excluding hydrogens is 455 g/mol. The van der Waals surface area contributed by atoms with Gasteiger partial charge in [0.1, 0.15) is 5.75 Å². The van der Waals surface area contributed by atoms with Crippen LogP contribution in [0.2, 0.25) is 0 Å². The zero-order chi connectivity index (χ0) is 20.4. The average Bonchev–Trinajstić information content (AvgIpc) is 2.72. The van der Waals surface area contributed by atoms with Gasteiger partial charge in [0, 0.05) is 19.6 Å². The Morgan fingerprint density at radius 1 is 0.933 bits per heavy atom. The van der Waals surface area contributed by atoms with Crippen LogP contribution in [0.3, 0.4) is 0 Å². The van der Waals surface area contributed by atoms with Gasteiger partial charge in [-0.05, 0) is 64.6 Å². The van der Waals surface area contributed by atoms with Gasteiger partial charge in [0.25, 0.3) is 0 Å². The number of fused-ring (bicyclic) bond motifs is 1. The van der Waals surface area contributed by atoms with Crippen LogP contribution in [-0.4, -0.2) is 29.6 Å². The van der Waals surface area contributed by atoms with E-state index in [1.807, 2.05) is 18.2 Å². The molecule has 2 nitrogen and oxygen atoms in total. The van der Waals surface area contributed by atoms with Crippen molar-refractivity contribution >= 4 is 33.3 Å². The average molecular weight is 478 g/mol. The smallest absolute Gasteiger partial charge is 0.416 e. The summed E-state index contributed by atoms with van der Waals surface area (Å²) in [6.07, 6.45) is -0.611. The van der Waals surface area contributed by atoms with Crippen LogP contribution in [0.4, 0.5) is 13.2 Å². The Kier molecular flexibility index (Phi) is 6.88. The second-order valence-electron chi connectivity index (χ2n) is 7.47. The molecule has 0 aliphatic carbocycles. The molecule has 1 N–H and O–H groups in total. The first-order chi connectivity index (χ1) is 13.9. The molecule has 3 aromatic rings. The van der Waals surface area contributed by atoms with Gasteiger partial charge in [-0.15, -0.1) is 17.0 Å². The lowest BCUT2D eigenvalue weighted by atomic mass is 9.97. The molecule has 1 aliphatic heterocycles. The van der Waals surface area contributed by atoms with Gasteiger partial charge in [-0.1, -0.05) is 42.5 Å². The molecule has 0 fully saturated rings. The highest BCUT2D eigenvalue weighted by Gasteiger charge is 2.30. The summed E-state index contributed by atoms with van der Waals surface area (Å²) in [6, 6.07) is 17.2. The Morgan fingerprint density at radius 2 is 1.70 bits per heavy atom. The van der Waals surface area contributed by atoms with Gasteiger partial charge in [-0.2, -0.15) is 13.2 Å². The molecule has 0 radical (unpaired) electrons. The zero-order valence-corrected chi connectivity index (χ0v) is 18.0. The van der Waals surface area contributed by atoms with Gasteiger partial charge < -0.3 is 5.11 Å². The molecule has 3 aromatic carbocycles. The number of phenols is 1. The Hall–Kier alpha value is -2.31. The van der Waals surface area contributed by atoms with Crippen molar-refractivity contribution in [3.05, 3.63) is 83.4 Å². The highest BCUT2D eigenvalue weighted by molar-refractivity contribution is 8.93. The molecule has 6 heteroatoms. The van der Waals surface area contributed by atoms with Crippen LogP contribution in [-0.2, 0) is 12.6 Å². The van der Waals surface area contributed by atoms with E-state index in [0.717, 1.165) is 54.9 Å². The van der Waals surface area contributed by atoms with Crippen molar-refractivity contribution in [2.45, 2.75) is 19.0 Å². The summed E-state index contributed by atoms with van der Waals surface area (Å²) in [5, 5.41) is 11.7. The number of hydrogen-bond donors (Lipinski definition) is 1. The molecule has 0 atom stereocenters. The lowest BCUT2D eigenvalue weighted by molar-refractivity contribution is -0.137. The largest absolute Gasteiger partial charge is 0.508 e. The summed E-state index contributed by atoms with van der Waals surface area (Å²) in [5.41, 5.74) is 2.29. The monoisotopic (exact) mass is 477 g/mol. The van der Waals surface area contributed by atoms with Crippen LogP contribution in [0, 0.1) is 0 Å². The van der Waals surface area contributed by atoms with Gasteiger partial charge in [0.2, 0.25) is 0 Å². The molecule has 0 unspecified atom stereocenters. The predicted molar refractivity (Wildman–Crippen MR) is 120 cm³/mol. The molecule has 0 saturated carbocycles. The number of rotatable bonds is 4. The SMILES string of the molecule is Br.Oc1ccc2cc(CCN3CC=C(c4cccc(C(F)(F)F)c4)CC3)ccc2c1. The number of hydrogen-bond acceptors (Lipinski definition) is 2. The highest BCUT2D eigenvalue weighted by atomic mass is 79.9. The van der Waals surface area contributed by atoms with E-state index in [0.29, 0.717) is 5.56 Å². The van der Waals surface area contributed by atoms with Crippen LogP contribution in [0.25, 0.3) is 16.3 Å². The predicted octanol–water partition coefficient (Wildman–Crippen LogP) is 6.47. The Bertz CT molecular complexity index is 1060. The molecule has 0 saturated heterocycles. The fourth-order valence-electron chi connectivity index (χ4n) is 3.80. The Balaban J connectivity index is 0.00000256. The van der Waals surface area contributed by atoms with E-state index in [-0.39, 0.29) is 22.7 Å². The molecule has 30 heavy (non-hydrogen) atoms. The third-order valence-corrected chi connectivity index (χ3v) is 5.46. The van der Waals surface area contributed by atoms with Crippen molar-refractivity contribution in [1.82, 2.24) is 4.90 Å². The van der Waals surface area contributed by atoms with E-state index in [1.54, 1.807) is 18.2 Å². The topological polar surface area (TPSA) is 23.5 Å². The normalized spacial score (nSPS) is 15.0. The Morgan fingerprint density at radius 3 is 2.43 bits per heavy atom. The van der Waals surface area contributed by atoms with Crippen LogP contribution < -0.4 is 0 Å². The maximum absolute atomic E-state index is 12.9. The van der Waals surface area contributed by atoms with E-state index in [4.69, 9.17) is 0 Å². The standard InChI is InChI=1S/C24H22F3NO.BrH/c25-24(26,27)22-3-1-2-19(15-22)18-9-12-28(13-10-18)11-8-17-4-5-21-16-23(29)7-6-20(21)14-17;/h1-7,9,14-16,29H,8,10-13H2;1H. The second-order valence-corrected chi connectivity index (χ2v) is 7.47. The minimum absolute atomic E-state index is 0. The first-order valence-electron chi connectivity index (χ1n) is 9.69. The minimum atomic E-state index is -4.31. The second kappa shape index (κ2) is 9.23. The first kappa shape index (κ1) is 22.4. The number of halogens is 4. The molecule has 1 heterocycles. The van der Waals surface area contributed by atoms with E-state index in [9.17, 15) is 18.3 Å². The quantitative estimate of drug-likeness (QED) is 0.465. The molecule has 0 aromatic heterocycles. The van der Waals surface area contributed by atoms with Crippen LogP contribution in [0.5, 0.6) is 5.75 Å². The van der Waals surface area contributed by atoms with Crippen molar-refractivity contribution in [3.63, 3.8) is 0 Å². The summed E-state index contributed by atoms with van der Waals surface area (Å²) in [4.78, 5) is 2.32. The summed E-state index contributed by atoms with van der Waals surface area (Å²) >= 11 is 0. The van der Waals surface area contributed by atoms with Crippen molar-refractivity contribution < 1.29 is 18.3 Å². The molecule has 158 valence electrons. The fraction of sp³-hybridized carbons (Fsp3) is 0.250. The van der Waals surface area contributed by atoms with Crippen molar-refractivity contribution in [2.75, 3.05) is 19.6 Å². The molecule has 0 amide bonds. The molecule has 0 bridgehead atoms. The summed E-state index contributed by atoms with van der Waals surface area (Å²) in [5.74, 6) is 0.266. The maximum atomic E-state index is 12.9. The molecule has 1 aliphatic rings. The lowest BCUT2D eigenvalue weighted by Gasteiger charge is -2.26. The minimum Gasteiger partial charge on any atom is -0.508 e.